The Morgan fingerprint density at radius 1 is 1.22 bits per heavy atom. The van der Waals surface area contributed by atoms with E-state index in [1.807, 2.05) is 13.8 Å². The van der Waals surface area contributed by atoms with Crippen LogP contribution in [-0.4, -0.2) is 31.5 Å². The second kappa shape index (κ2) is 7.09. The van der Waals surface area contributed by atoms with E-state index in [4.69, 9.17) is 4.52 Å². The molecule has 0 aliphatic heterocycles. The first-order valence-corrected chi connectivity index (χ1v) is 9.82. The molecule has 3 aromatic rings. The average molecular weight is 388 g/mol. The maximum atomic E-state index is 12.6. The number of amides is 1. The van der Waals surface area contributed by atoms with Crippen LogP contribution in [0.2, 0.25) is 0 Å². The molecule has 1 aromatic carbocycles. The van der Waals surface area contributed by atoms with Crippen molar-refractivity contribution in [1.29, 1.82) is 0 Å². The number of sulfonamides is 1. The summed E-state index contributed by atoms with van der Waals surface area (Å²) in [4.78, 5) is 16.9. The molecular weight excluding hydrogens is 368 g/mol. The van der Waals surface area contributed by atoms with Crippen LogP contribution >= 0.6 is 0 Å². The zero-order chi connectivity index (χ0) is 19.8. The number of carbonyl (C=O) groups is 1. The second-order valence-corrected chi connectivity index (χ2v) is 8.30. The number of benzene rings is 1. The summed E-state index contributed by atoms with van der Waals surface area (Å²) in [5.74, 6) is -0.283. The summed E-state index contributed by atoms with van der Waals surface area (Å²) >= 11 is 0. The number of rotatable bonds is 5. The van der Waals surface area contributed by atoms with Crippen molar-refractivity contribution in [1.82, 2.24) is 14.9 Å². The van der Waals surface area contributed by atoms with Gasteiger partial charge >= 0.3 is 0 Å². The summed E-state index contributed by atoms with van der Waals surface area (Å²) in [5.41, 5.74) is 2.37. The van der Waals surface area contributed by atoms with Gasteiger partial charge in [-0.25, -0.2) is 18.1 Å². The van der Waals surface area contributed by atoms with E-state index in [0.717, 1.165) is 5.69 Å². The first-order chi connectivity index (χ1) is 12.7. The van der Waals surface area contributed by atoms with Crippen LogP contribution in [0.1, 0.15) is 41.4 Å². The lowest BCUT2D eigenvalue weighted by molar-refractivity contribution is 0.102. The molecule has 1 amide bonds. The molecule has 0 atom stereocenters. The second-order valence-electron chi connectivity index (χ2n) is 6.44. The predicted octanol–water partition coefficient (Wildman–Crippen LogP) is 2.82. The number of hydrogen-bond donors (Lipinski definition) is 2. The lowest BCUT2D eigenvalue weighted by Gasteiger charge is -2.10. The van der Waals surface area contributed by atoms with Crippen molar-refractivity contribution in [2.75, 3.05) is 12.4 Å². The molecule has 3 rings (SSSR count). The third kappa shape index (κ3) is 3.69. The Bertz CT molecular complexity index is 1120. The molecule has 2 N–H and O–H groups in total. The van der Waals surface area contributed by atoms with E-state index in [1.54, 1.807) is 25.1 Å². The molecule has 142 valence electrons. The van der Waals surface area contributed by atoms with Crippen LogP contribution < -0.4 is 10.0 Å². The van der Waals surface area contributed by atoms with Gasteiger partial charge in [-0.3, -0.25) is 4.79 Å². The molecule has 0 radical (unpaired) electrons. The summed E-state index contributed by atoms with van der Waals surface area (Å²) in [6.07, 6.45) is 1.40. The summed E-state index contributed by atoms with van der Waals surface area (Å²) in [7, 11) is -2.28. The van der Waals surface area contributed by atoms with E-state index < -0.39 is 15.9 Å². The van der Waals surface area contributed by atoms with Crippen molar-refractivity contribution >= 4 is 32.7 Å². The van der Waals surface area contributed by atoms with Crippen LogP contribution in [0.15, 0.2) is 39.9 Å². The highest BCUT2D eigenvalue weighted by molar-refractivity contribution is 7.89. The number of nitrogens with one attached hydrogen (secondary N) is 2. The van der Waals surface area contributed by atoms with Crippen molar-refractivity contribution < 1.29 is 17.7 Å². The Morgan fingerprint density at radius 3 is 2.63 bits per heavy atom. The molecule has 0 spiro atoms. The van der Waals surface area contributed by atoms with E-state index >= 15 is 0 Å². The van der Waals surface area contributed by atoms with Crippen molar-refractivity contribution in [3.05, 3.63) is 47.3 Å². The minimum absolute atomic E-state index is 0.109. The molecule has 0 saturated carbocycles. The highest BCUT2D eigenvalue weighted by Crippen LogP contribution is 2.25. The van der Waals surface area contributed by atoms with Crippen LogP contribution in [0.25, 0.3) is 11.1 Å². The monoisotopic (exact) mass is 388 g/mol. The fourth-order valence-electron chi connectivity index (χ4n) is 2.67. The topological polar surface area (TPSA) is 114 Å². The highest BCUT2D eigenvalue weighted by atomic mass is 32.2. The van der Waals surface area contributed by atoms with Gasteiger partial charge in [0.15, 0.2) is 0 Å². The Kier molecular flexibility index (Phi) is 4.99. The Labute approximate surface area is 157 Å². The van der Waals surface area contributed by atoms with Gasteiger partial charge in [0.1, 0.15) is 0 Å². The summed E-state index contributed by atoms with van der Waals surface area (Å²) in [6.45, 7) is 5.63. The maximum absolute atomic E-state index is 12.6. The van der Waals surface area contributed by atoms with E-state index in [9.17, 15) is 13.2 Å². The Hall–Kier alpha value is -2.78. The zero-order valence-electron chi connectivity index (χ0n) is 15.4. The largest absolute Gasteiger partial charge is 0.336 e. The normalized spacial score (nSPS) is 11.9. The first-order valence-electron chi connectivity index (χ1n) is 8.34. The molecule has 2 heterocycles. The molecule has 0 unspecified atom stereocenters. The van der Waals surface area contributed by atoms with Gasteiger partial charge in [-0.05, 0) is 43.7 Å². The number of anilines is 1. The molecule has 27 heavy (non-hydrogen) atoms. The lowest BCUT2D eigenvalue weighted by Crippen LogP contribution is -2.20. The van der Waals surface area contributed by atoms with Gasteiger partial charge in [-0.1, -0.05) is 25.1 Å². The quantitative estimate of drug-likeness (QED) is 0.695. The molecule has 2 aromatic heterocycles. The number of pyridine rings is 1. The minimum Gasteiger partial charge on any atom is -0.336 e. The van der Waals surface area contributed by atoms with Crippen molar-refractivity contribution in [2.45, 2.75) is 31.6 Å². The van der Waals surface area contributed by atoms with Gasteiger partial charge in [-0.2, -0.15) is 0 Å². The van der Waals surface area contributed by atoms with Crippen molar-refractivity contribution in [3.63, 3.8) is 0 Å². The van der Waals surface area contributed by atoms with E-state index in [-0.39, 0.29) is 10.8 Å². The van der Waals surface area contributed by atoms with E-state index in [0.29, 0.717) is 27.9 Å². The predicted molar refractivity (Wildman–Crippen MR) is 101 cm³/mol. The van der Waals surface area contributed by atoms with Crippen molar-refractivity contribution in [2.24, 2.45) is 0 Å². The zero-order valence-corrected chi connectivity index (χ0v) is 16.2. The van der Waals surface area contributed by atoms with E-state index in [2.05, 4.69) is 20.2 Å². The van der Waals surface area contributed by atoms with Crippen LogP contribution in [0.3, 0.4) is 0 Å². The summed E-state index contributed by atoms with van der Waals surface area (Å²) < 4.78 is 31.6. The average Bonchev–Trinajstić information content (AvgIpc) is 3.06. The smallest absolute Gasteiger partial charge is 0.257 e. The lowest BCUT2D eigenvalue weighted by atomic mass is 10.1. The highest BCUT2D eigenvalue weighted by Gasteiger charge is 2.18. The van der Waals surface area contributed by atoms with Crippen LogP contribution in [0.5, 0.6) is 0 Å². The molecule has 8 nitrogen and oxygen atoms in total. The van der Waals surface area contributed by atoms with E-state index in [1.165, 1.54) is 19.3 Å². The van der Waals surface area contributed by atoms with Crippen LogP contribution in [0, 0.1) is 6.92 Å². The SMILES string of the molecule is CNS(=O)(=O)c1cc(NC(=O)c2cnc3onc(C(C)C)c3c2)ccc1C. The number of fused-ring (bicyclic) bond motifs is 1. The third-order valence-corrected chi connectivity index (χ3v) is 5.73. The number of aryl methyl sites for hydroxylation is 1. The first kappa shape index (κ1) is 19.0. The van der Waals surface area contributed by atoms with Gasteiger partial charge in [0.05, 0.1) is 21.5 Å². The van der Waals surface area contributed by atoms with Gasteiger partial charge in [0, 0.05) is 11.9 Å². The molecule has 0 aliphatic carbocycles. The fourth-order valence-corrected chi connectivity index (χ4v) is 3.67. The fraction of sp³-hybridized carbons (Fsp3) is 0.278. The number of hydrogen-bond acceptors (Lipinski definition) is 6. The summed E-state index contributed by atoms with van der Waals surface area (Å²) in [6, 6.07) is 6.37. The molecule has 0 saturated heterocycles. The van der Waals surface area contributed by atoms with Crippen LogP contribution in [-0.2, 0) is 10.0 Å². The minimum atomic E-state index is -3.62. The Balaban J connectivity index is 1.93. The molecular formula is C18H20N4O4S. The number of nitrogens with zero attached hydrogens (tertiary/aromatic N) is 2. The van der Waals surface area contributed by atoms with Crippen LogP contribution in [0.4, 0.5) is 5.69 Å². The maximum Gasteiger partial charge on any atom is 0.257 e. The van der Waals surface area contributed by atoms with Gasteiger partial charge in [0.2, 0.25) is 10.0 Å². The van der Waals surface area contributed by atoms with Gasteiger partial charge < -0.3 is 9.84 Å². The third-order valence-electron chi connectivity index (χ3n) is 4.17. The molecule has 0 fully saturated rings. The van der Waals surface area contributed by atoms with Crippen molar-refractivity contribution in [3.8, 4) is 0 Å². The van der Waals surface area contributed by atoms with Gasteiger partial charge in [0.25, 0.3) is 11.6 Å². The Morgan fingerprint density at radius 2 is 1.96 bits per heavy atom. The summed E-state index contributed by atoms with van der Waals surface area (Å²) in [5, 5.41) is 7.38. The molecule has 0 aliphatic rings. The molecule has 0 bridgehead atoms. The number of carbonyl (C=O) groups excluding carboxylic acids is 1. The van der Waals surface area contributed by atoms with Gasteiger partial charge in [-0.15, -0.1) is 0 Å². The molecule has 9 heteroatoms. The number of aromatic nitrogens is 2. The standard InChI is InChI=1S/C18H20N4O4S/c1-10(2)16-14-7-12(9-20-18(14)26-22-16)17(23)21-13-6-5-11(3)15(8-13)27(24,25)19-4/h5-10,19H,1-4H3,(H,21,23).